The Labute approximate surface area is 131 Å². The lowest BCUT2D eigenvalue weighted by molar-refractivity contribution is -0.128. The molecule has 118 valence electrons. The first kappa shape index (κ1) is 17.5. The van der Waals surface area contributed by atoms with E-state index in [1.54, 1.807) is 12.1 Å². The zero-order valence-corrected chi connectivity index (χ0v) is 13.2. The SMILES string of the molecule is C#CCNC(=O)c1ccc(NCCNC(=O)C(C)(C)C)nc1. The van der Waals surface area contributed by atoms with Gasteiger partial charge in [-0.1, -0.05) is 26.7 Å². The van der Waals surface area contributed by atoms with E-state index in [0.29, 0.717) is 24.5 Å². The van der Waals surface area contributed by atoms with Crippen molar-refractivity contribution < 1.29 is 9.59 Å². The third kappa shape index (κ3) is 5.83. The highest BCUT2D eigenvalue weighted by Crippen LogP contribution is 2.12. The van der Waals surface area contributed by atoms with Gasteiger partial charge in [0.1, 0.15) is 5.82 Å². The molecule has 0 saturated carbocycles. The molecular formula is C16H22N4O2. The lowest BCUT2D eigenvalue weighted by atomic mass is 9.96. The van der Waals surface area contributed by atoms with E-state index in [1.807, 2.05) is 20.8 Å². The van der Waals surface area contributed by atoms with Gasteiger partial charge in [-0.25, -0.2) is 4.98 Å². The van der Waals surface area contributed by atoms with Gasteiger partial charge in [-0.15, -0.1) is 6.42 Å². The Hall–Kier alpha value is -2.55. The van der Waals surface area contributed by atoms with Crippen molar-refractivity contribution in [2.24, 2.45) is 5.41 Å². The summed E-state index contributed by atoms with van der Waals surface area (Å²) in [5.74, 6) is 2.72. The molecule has 0 fully saturated rings. The van der Waals surface area contributed by atoms with Crippen molar-refractivity contribution in [3.05, 3.63) is 23.9 Å². The fourth-order valence-corrected chi connectivity index (χ4v) is 1.50. The van der Waals surface area contributed by atoms with Gasteiger partial charge in [0.05, 0.1) is 12.1 Å². The second kappa shape index (κ2) is 8.03. The number of carbonyl (C=O) groups is 2. The van der Waals surface area contributed by atoms with Crippen molar-refractivity contribution in [3.8, 4) is 12.3 Å². The molecular weight excluding hydrogens is 280 g/mol. The molecule has 0 saturated heterocycles. The molecule has 3 N–H and O–H groups in total. The summed E-state index contributed by atoms with van der Waals surface area (Å²) in [4.78, 5) is 27.4. The summed E-state index contributed by atoms with van der Waals surface area (Å²) in [6, 6.07) is 3.37. The maximum absolute atomic E-state index is 11.7. The second-order valence-electron chi connectivity index (χ2n) is 5.75. The van der Waals surface area contributed by atoms with E-state index >= 15 is 0 Å². The van der Waals surface area contributed by atoms with Gasteiger partial charge in [0.25, 0.3) is 5.91 Å². The van der Waals surface area contributed by atoms with E-state index in [2.05, 4.69) is 26.9 Å². The average molecular weight is 302 g/mol. The van der Waals surface area contributed by atoms with Crippen LogP contribution in [0.2, 0.25) is 0 Å². The minimum Gasteiger partial charge on any atom is -0.368 e. The molecule has 0 bridgehead atoms. The number of carbonyl (C=O) groups excluding carboxylic acids is 2. The summed E-state index contributed by atoms with van der Waals surface area (Å²) in [7, 11) is 0. The van der Waals surface area contributed by atoms with E-state index in [1.165, 1.54) is 6.20 Å². The molecule has 2 amide bonds. The van der Waals surface area contributed by atoms with Gasteiger partial charge >= 0.3 is 0 Å². The molecule has 22 heavy (non-hydrogen) atoms. The van der Waals surface area contributed by atoms with Crippen molar-refractivity contribution in [2.75, 3.05) is 25.0 Å². The fraction of sp³-hybridized carbons (Fsp3) is 0.438. The Balaban J connectivity index is 2.38. The molecule has 0 atom stereocenters. The zero-order valence-electron chi connectivity index (χ0n) is 13.2. The maximum Gasteiger partial charge on any atom is 0.253 e. The van der Waals surface area contributed by atoms with Crippen LogP contribution in [0, 0.1) is 17.8 Å². The van der Waals surface area contributed by atoms with Crippen LogP contribution in [-0.4, -0.2) is 36.4 Å². The first-order valence-electron chi connectivity index (χ1n) is 7.04. The number of anilines is 1. The number of aromatic nitrogens is 1. The van der Waals surface area contributed by atoms with Gasteiger partial charge in [-0.2, -0.15) is 0 Å². The van der Waals surface area contributed by atoms with Crippen molar-refractivity contribution in [2.45, 2.75) is 20.8 Å². The molecule has 1 aromatic heterocycles. The zero-order chi connectivity index (χ0) is 16.6. The Morgan fingerprint density at radius 3 is 2.50 bits per heavy atom. The molecule has 0 aliphatic carbocycles. The van der Waals surface area contributed by atoms with E-state index in [4.69, 9.17) is 6.42 Å². The Morgan fingerprint density at radius 2 is 1.95 bits per heavy atom. The smallest absolute Gasteiger partial charge is 0.253 e. The number of hydrogen-bond acceptors (Lipinski definition) is 4. The normalized spacial score (nSPS) is 10.5. The van der Waals surface area contributed by atoms with Crippen LogP contribution in [0.25, 0.3) is 0 Å². The molecule has 1 rings (SSSR count). The summed E-state index contributed by atoms with van der Waals surface area (Å²) >= 11 is 0. The monoisotopic (exact) mass is 302 g/mol. The predicted octanol–water partition coefficient (Wildman–Crippen LogP) is 1.02. The Bertz CT molecular complexity index is 553. The summed E-state index contributed by atoms with van der Waals surface area (Å²) < 4.78 is 0. The van der Waals surface area contributed by atoms with Gasteiger partial charge in [0.2, 0.25) is 5.91 Å². The summed E-state index contributed by atoms with van der Waals surface area (Å²) in [6.45, 7) is 6.83. The van der Waals surface area contributed by atoms with Crippen molar-refractivity contribution in [1.29, 1.82) is 0 Å². The fourth-order valence-electron chi connectivity index (χ4n) is 1.50. The topological polar surface area (TPSA) is 83.1 Å². The number of nitrogens with one attached hydrogen (secondary N) is 3. The predicted molar refractivity (Wildman–Crippen MR) is 86.4 cm³/mol. The van der Waals surface area contributed by atoms with Gasteiger partial charge in [-0.3, -0.25) is 9.59 Å². The van der Waals surface area contributed by atoms with Crippen LogP contribution in [0.3, 0.4) is 0 Å². The number of amides is 2. The van der Waals surface area contributed by atoms with Crippen molar-refractivity contribution >= 4 is 17.6 Å². The molecule has 1 aromatic rings. The maximum atomic E-state index is 11.7. The Kier molecular flexibility index (Phi) is 6.39. The molecule has 0 aliphatic heterocycles. The third-order valence-electron chi connectivity index (χ3n) is 2.77. The van der Waals surface area contributed by atoms with E-state index in [9.17, 15) is 9.59 Å². The third-order valence-corrected chi connectivity index (χ3v) is 2.77. The lowest BCUT2D eigenvalue weighted by Crippen LogP contribution is -2.37. The lowest BCUT2D eigenvalue weighted by Gasteiger charge is -2.17. The number of rotatable bonds is 6. The highest BCUT2D eigenvalue weighted by molar-refractivity contribution is 5.94. The van der Waals surface area contributed by atoms with E-state index in [0.717, 1.165) is 0 Å². The second-order valence-corrected chi connectivity index (χ2v) is 5.75. The largest absolute Gasteiger partial charge is 0.368 e. The molecule has 0 spiro atoms. The molecule has 6 nitrogen and oxygen atoms in total. The number of nitrogens with zero attached hydrogens (tertiary/aromatic N) is 1. The minimum absolute atomic E-state index is 0.00258. The van der Waals surface area contributed by atoms with Crippen molar-refractivity contribution in [1.82, 2.24) is 15.6 Å². The van der Waals surface area contributed by atoms with Gasteiger partial charge in [0, 0.05) is 24.7 Å². The Morgan fingerprint density at radius 1 is 1.23 bits per heavy atom. The van der Waals surface area contributed by atoms with Crippen LogP contribution in [0.4, 0.5) is 5.82 Å². The quantitative estimate of drug-likeness (QED) is 0.541. The van der Waals surface area contributed by atoms with Crippen LogP contribution in [0.1, 0.15) is 31.1 Å². The van der Waals surface area contributed by atoms with Gasteiger partial charge < -0.3 is 16.0 Å². The molecule has 0 unspecified atom stereocenters. The van der Waals surface area contributed by atoms with Gasteiger partial charge in [0.15, 0.2) is 0 Å². The number of hydrogen-bond donors (Lipinski definition) is 3. The van der Waals surface area contributed by atoms with Crippen LogP contribution < -0.4 is 16.0 Å². The highest BCUT2D eigenvalue weighted by Gasteiger charge is 2.20. The number of terminal acetylenes is 1. The summed E-state index contributed by atoms with van der Waals surface area (Å²) in [5, 5.41) is 8.47. The molecule has 0 aliphatic rings. The van der Waals surface area contributed by atoms with E-state index in [-0.39, 0.29) is 18.4 Å². The average Bonchev–Trinajstić information content (AvgIpc) is 2.48. The van der Waals surface area contributed by atoms with Crippen LogP contribution >= 0.6 is 0 Å². The minimum atomic E-state index is -0.397. The summed E-state index contributed by atoms with van der Waals surface area (Å²) in [5.41, 5.74) is 0.0490. The first-order chi connectivity index (χ1) is 10.3. The van der Waals surface area contributed by atoms with Gasteiger partial charge in [-0.05, 0) is 12.1 Å². The first-order valence-corrected chi connectivity index (χ1v) is 7.04. The molecule has 0 aromatic carbocycles. The molecule has 6 heteroatoms. The van der Waals surface area contributed by atoms with Crippen molar-refractivity contribution in [3.63, 3.8) is 0 Å². The highest BCUT2D eigenvalue weighted by atomic mass is 16.2. The standard InChI is InChI=1S/C16H22N4O2/c1-5-8-18-14(21)12-6-7-13(20-11-12)17-9-10-19-15(22)16(2,3)4/h1,6-7,11H,8-10H2,2-4H3,(H,17,20)(H,18,21)(H,19,22). The molecule has 1 heterocycles. The van der Waals surface area contributed by atoms with E-state index < -0.39 is 5.41 Å². The molecule has 0 radical (unpaired) electrons. The van der Waals surface area contributed by atoms with Crippen LogP contribution in [0.5, 0.6) is 0 Å². The van der Waals surface area contributed by atoms with Crippen LogP contribution in [-0.2, 0) is 4.79 Å². The summed E-state index contributed by atoms with van der Waals surface area (Å²) in [6.07, 6.45) is 6.55. The number of pyridine rings is 1. The van der Waals surface area contributed by atoms with Crippen LogP contribution in [0.15, 0.2) is 18.3 Å².